The molecule has 0 N–H and O–H groups in total. The lowest BCUT2D eigenvalue weighted by molar-refractivity contribution is 0.0752. The van der Waals surface area contributed by atoms with E-state index in [9.17, 15) is 18.0 Å². The number of alkyl halides is 1. The monoisotopic (exact) mass is 364 g/mol. The molecular formula is C14H16BrF3N2O. The first-order chi connectivity index (χ1) is 10.0. The van der Waals surface area contributed by atoms with E-state index >= 15 is 0 Å². The van der Waals surface area contributed by atoms with Crippen molar-refractivity contribution in [3.63, 3.8) is 0 Å². The largest absolute Gasteiger partial charge is 0.337 e. The summed E-state index contributed by atoms with van der Waals surface area (Å²) in [7, 11) is 0. The molecule has 1 aromatic carbocycles. The maximum atomic E-state index is 13.7. The number of halogens is 4. The number of carbonyl (C=O) groups excluding carboxylic acids is 1. The van der Waals surface area contributed by atoms with E-state index in [1.807, 2.05) is 0 Å². The maximum absolute atomic E-state index is 13.7. The number of hydrogen-bond acceptors (Lipinski definition) is 2. The summed E-state index contributed by atoms with van der Waals surface area (Å²) in [6, 6.07) is 1.07. The maximum Gasteiger partial charge on any atom is 0.259 e. The molecule has 0 bridgehead atoms. The van der Waals surface area contributed by atoms with E-state index in [1.54, 1.807) is 0 Å². The SMILES string of the molecule is O=C(c1c(F)cc(F)cc1F)N1CCCN(CCBr)CC1. The van der Waals surface area contributed by atoms with Crippen molar-refractivity contribution in [1.82, 2.24) is 9.80 Å². The average Bonchev–Trinajstić information content (AvgIpc) is 2.63. The molecule has 0 saturated carbocycles. The van der Waals surface area contributed by atoms with Gasteiger partial charge in [0.1, 0.15) is 23.0 Å². The van der Waals surface area contributed by atoms with Crippen LogP contribution in [0.5, 0.6) is 0 Å². The molecule has 1 aromatic rings. The van der Waals surface area contributed by atoms with Crippen molar-refractivity contribution in [3.8, 4) is 0 Å². The van der Waals surface area contributed by atoms with Crippen LogP contribution in [0.15, 0.2) is 12.1 Å². The topological polar surface area (TPSA) is 23.6 Å². The molecule has 3 nitrogen and oxygen atoms in total. The van der Waals surface area contributed by atoms with Crippen LogP contribution in [0.2, 0.25) is 0 Å². The first-order valence-electron chi connectivity index (χ1n) is 6.75. The summed E-state index contributed by atoms with van der Waals surface area (Å²) >= 11 is 3.36. The van der Waals surface area contributed by atoms with E-state index in [-0.39, 0.29) is 0 Å². The van der Waals surface area contributed by atoms with Gasteiger partial charge in [0.15, 0.2) is 0 Å². The third kappa shape index (κ3) is 3.97. The molecule has 2 rings (SSSR count). The van der Waals surface area contributed by atoms with Crippen LogP contribution in [0, 0.1) is 17.5 Å². The second-order valence-electron chi connectivity index (χ2n) is 4.92. The number of hydrogen-bond donors (Lipinski definition) is 0. The normalized spacial score (nSPS) is 16.9. The van der Waals surface area contributed by atoms with Crippen LogP contribution in [-0.4, -0.2) is 53.8 Å². The Morgan fingerprint density at radius 2 is 1.76 bits per heavy atom. The lowest BCUT2D eigenvalue weighted by atomic mass is 10.1. The minimum absolute atomic E-state index is 0.405. The van der Waals surface area contributed by atoms with Crippen LogP contribution in [0.25, 0.3) is 0 Å². The summed E-state index contributed by atoms with van der Waals surface area (Å²) < 4.78 is 40.2. The van der Waals surface area contributed by atoms with Gasteiger partial charge in [-0.1, -0.05) is 15.9 Å². The molecule has 1 fully saturated rings. The van der Waals surface area contributed by atoms with Gasteiger partial charge in [0.25, 0.3) is 5.91 Å². The molecule has 0 aliphatic carbocycles. The van der Waals surface area contributed by atoms with Crippen molar-refractivity contribution >= 4 is 21.8 Å². The van der Waals surface area contributed by atoms with Crippen molar-refractivity contribution in [2.45, 2.75) is 6.42 Å². The number of nitrogens with zero attached hydrogens (tertiary/aromatic N) is 2. The third-order valence-electron chi connectivity index (χ3n) is 3.50. The first-order valence-corrected chi connectivity index (χ1v) is 7.87. The number of benzene rings is 1. The molecule has 1 amide bonds. The van der Waals surface area contributed by atoms with Crippen LogP contribution in [0.3, 0.4) is 0 Å². The van der Waals surface area contributed by atoms with Crippen LogP contribution < -0.4 is 0 Å². The van der Waals surface area contributed by atoms with Crippen molar-refractivity contribution in [1.29, 1.82) is 0 Å². The lowest BCUT2D eigenvalue weighted by Crippen LogP contribution is -2.36. The van der Waals surface area contributed by atoms with Crippen molar-refractivity contribution in [2.24, 2.45) is 0 Å². The summed E-state index contributed by atoms with van der Waals surface area (Å²) in [4.78, 5) is 15.9. The zero-order valence-corrected chi connectivity index (χ0v) is 13.0. The van der Waals surface area contributed by atoms with E-state index in [1.165, 1.54) is 4.90 Å². The van der Waals surface area contributed by atoms with Gasteiger partial charge in [-0.2, -0.15) is 0 Å². The molecular weight excluding hydrogens is 349 g/mol. The Kier molecular flexibility index (Phi) is 5.64. The Balaban J connectivity index is 2.13. The van der Waals surface area contributed by atoms with Crippen LogP contribution in [0.4, 0.5) is 13.2 Å². The second kappa shape index (κ2) is 7.26. The van der Waals surface area contributed by atoms with E-state index in [0.29, 0.717) is 31.8 Å². The van der Waals surface area contributed by atoms with Crippen LogP contribution in [0.1, 0.15) is 16.8 Å². The van der Waals surface area contributed by atoms with Crippen molar-refractivity contribution < 1.29 is 18.0 Å². The predicted molar refractivity (Wildman–Crippen MR) is 77.1 cm³/mol. The minimum Gasteiger partial charge on any atom is -0.337 e. The quantitative estimate of drug-likeness (QED) is 0.769. The fraction of sp³-hybridized carbons (Fsp3) is 0.500. The number of amides is 1. The molecule has 21 heavy (non-hydrogen) atoms. The number of carbonyl (C=O) groups is 1. The summed E-state index contributed by atoms with van der Waals surface area (Å²) in [5.74, 6) is -4.05. The molecule has 0 aromatic heterocycles. The van der Waals surface area contributed by atoms with E-state index in [4.69, 9.17) is 0 Å². The number of rotatable bonds is 3. The molecule has 0 unspecified atom stereocenters. The van der Waals surface area contributed by atoms with Gasteiger partial charge < -0.3 is 9.80 Å². The zero-order valence-electron chi connectivity index (χ0n) is 11.4. The molecule has 1 aliphatic heterocycles. The van der Waals surface area contributed by atoms with Crippen molar-refractivity contribution in [3.05, 3.63) is 35.1 Å². The summed E-state index contributed by atoms with van der Waals surface area (Å²) in [6.07, 6.45) is 0.739. The zero-order chi connectivity index (χ0) is 15.4. The molecule has 0 radical (unpaired) electrons. The highest BCUT2D eigenvalue weighted by Gasteiger charge is 2.25. The van der Waals surface area contributed by atoms with E-state index in [0.717, 1.165) is 24.8 Å². The standard InChI is InChI=1S/C14H16BrF3N2O/c15-2-5-19-3-1-4-20(7-6-19)14(21)13-11(17)8-10(16)9-12(13)18/h8-9H,1-7H2. The van der Waals surface area contributed by atoms with Crippen LogP contribution >= 0.6 is 15.9 Å². The highest BCUT2D eigenvalue weighted by atomic mass is 79.9. The third-order valence-corrected chi connectivity index (χ3v) is 3.85. The van der Waals surface area contributed by atoms with Crippen LogP contribution in [-0.2, 0) is 0 Å². The fourth-order valence-corrected chi connectivity index (χ4v) is 2.92. The van der Waals surface area contributed by atoms with Gasteiger partial charge >= 0.3 is 0 Å². The molecule has 116 valence electrons. The Morgan fingerprint density at radius 3 is 2.38 bits per heavy atom. The lowest BCUT2D eigenvalue weighted by Gasteiger charge is -2.22. The van der Waals surface area contributed by atoms with E-state index < -0.39 is 28.9 Å². The second-order valence-corrected chi connectivity index (χ2v) is 5.71. The highest BCUT2D eigenvalue weighted by molar-refractivity contribution is 9.09. The van der Waals surface area contributed by atoms with Gasteiger partial charge in [-0.05, 0) is 13.0 Å². The molecule has 1 aliphatic rings. The van der Waals surface area contributed by atoms with Gasteiger partial charge in [-0.3, -0.25) is 4.79 Å². The van der Waals surface area contributed by atoms with E-state index in [2.05, 4.69) is 20.8 Å². The first kappa shape index (κ1) is 16.3. The minimum atomic E-state index is -1.15. The predicted octanol–water partition coefficient (Wildman–Crippen LogP) is 2.65. The van der Waals surface area contributed by atoms with Gasteiger partial charge in [0, 0.05) is 43.6 Å². The van der Waals surface area contributed by atoms with Gasteiger partial charge in [0.2, 0.25) is 0 Å². The summed E-state index contributed by atoms with van der Waals surface area (Å²) in [6.45, 7) is 3.20. The van der Waals surface area contributed by atoms with Gasteiger partial charge in [-0.15, -0.1) is 0 Å². The molecule has 7 heteroatoms. The summed E-state index contributed by atoms with van der Waals surface area (Å²) in [5.41, 5.74) is -0.676. The summed E-state index contributed by atoms with van der Waals surface area (Å²) in [5, 5.41) is 0.835. The molecule has 0 atom stereocenters. The van der Waals surface area contributed by atoms with Crippen molar-refractivity contribution in [2.75, 3.05) is 38.1 Å². The van der Waals surface area contributed by atoms with Gasteiger partial charge in [-0.25, -0.2) is 13.2 Å². The smallest absolute Gasteiger partial charge is 0.259 e. The average molecular weight is 365 g/mol. The fourth-order valence-electron chi connectivity index (χ4n) is 2.42. The highest BCUT2D eigenvalue weighted by Crippen LogP contribution is 2.18. The Labute approximate surface area is 129 Å². The molecule has 1 saturated heterocycles. The van der Waals surface area contributed by atoms with Gasteiger partial charge in [0.05, 0.1) is 0 Å². The Bertz CT molecular complexity index is 504. The molecule has 0 spiro atoms. The Morgan fingerprint density at radius 1 is 1.10 bits per heavy atom. The molecule has 1 heterocycles. The Hall–Kier alpha value is -1.08.